The Labute approximate surface area is 105 Å². The molecule has 1 unspecified atom stereocenters. The van der Waals surface area contributed by atoms with Gasteiger partial charge in [-0.1, -0.05) is 12.1 Å². The van der Waals surface area contributed by atoms with Gasteiger partial charge in [-0.3, -0.25) is 0 Å². The van der Waals surface area contributed by atoms with Gasteiger partial charge in [-0.15, -0.1) is 11.3 Å². The SMILES string of the molecule is CNC(c1cccc(OC)c1)c1nc(C)cs1. The molecule has 17 heavy (non-hydrogen) atoms. The molecule has 4 heteroatoms. The van der Waals surface area contributed by atoms with E-state index < -0.39 is 0 Å². The van der Waals surface area contributed by atoms with E-state index in [9.17, 15) is 0 Å². The van der Waals surface area contributed by atoms with E-state index in [1.54, 1.807) is 18.4 Å². The minimum absolute atomic E-state index is 0.129. The third-order valence-electron chi connectivity index (χ3n) is 2.60. The van der Waals surface area contributed by atoms with Crippen LogP contribution in [0.4, 0.5) is 0 Å². The molecule has 1 heterocycles. The smallest absolute Gasteiger partial charge is 0.119 e. The number of benzene rings is 1. The van der Waals surface area contributed by atoms with E-state index in [2.05, 4.69) is 21.7 Å². The molecule has 1 N–H and O–H groups in total. The molecule has 0 spiro atoms. The Balaban J connectivity index is 2.34. The number of aromatic nitrogens is 1. The summed E-state index contributed by atoms with van der Waals surface area (Å²) in [6.07, 6.45) is 0. The summed E-state index contributed by atoms with van der Waals surface area (Å²) in [4.78, 5) is 4.53. The Morgan fingerprint density at radius 1 is 1.41 bits per heavy atom. The van der Waals surface area contributed by atoms with E-state index in [4.69, 9.17) is 4.74 Å². The maximum atomic E-state index is 5.25. The Morgan fingerprint density at radius 3 is 2.82 bits per heavy atom. The van der Waals surface area contributed by atoms with E-state index in [1.807, 2.05) is 32.2 Å². The number of nitrogens with one attached hydrogen (secondary N) is 1. The van der Waals surface area contributed by atoms with Crippen molar-refractivity contribution in [3.8, 4) is 5.75 Å². The highest BCUT2D eigenvalue weighted by atomic mass is 32.1. The number of aryl methyl sites for hydroxylation is 1. The van der Waals surface area contributed by atoms with Crippen LogP contribution in [0.15, 0.2) is 29.6 Å². The van der Waals surface area contributed by atoms with Crippen molar-refractivity contribution >= 4 is 11.3 Å². The van der Waals surface area contributed by atoms with E-state index in [1.165, 1.54) is 5.56 Å². The summed E-state index contributed by atoms with van der Waals surface area (Å²) < 4.78 is 5.25. The van der Waals surface area contributed by atoms with Crippen molar-refractivity contribution in [2.24, 2.45) is 0 Å². The topological polar surface area (TPSA) is 34.1 Å². The molecular weight excluding hydrogens is 232 g/mol. The van der Waals surface area contributed by atoms with Gasteiger partial charge in [-0.25, -0.2) is 4.98 Å². The molecule has 1 aromatic heterocycles. The lowest BCUT2D eigenvalue weighted by atomic mass is 10.1. The zero-order chi connectivity index (χ0) is 12.3. The van der Waals surface area contributed by atoms with Crippen LogP contribution in [0.3, 0.4) is 0 Å². The Hall–Kier alpha value is -1.39. The van der Waals surface area contributed by atoms with Gasteiger partial charge in [-0.2, -0.15) is 0 Å². The fraction of sp³-hybridized carbons (Fsp3) is 0.308. The second-order valence-electron chi connectivity index (χ2n) is 3.83. The van der Waals surface area contributed by atoms with Crippen LogP contribution in [0.25, 0.3) is 0 Å². The molecule has 0 aliphatic heterocycles. The summed E-state index contributed by atoms with van der Waals surface area (Å²) in [6, 6.07) is 8.20. The zero-order valence-electron chi connectivity index (χ0n) is 10.2. The first-order chi connectivity index (χ1) is 8.24. The fourth-order valence-corrected chi connectivity index (χ4v) is 2.69. The summed E-state index contributed by atoms with van der Waals surface area (Å²) >= 11 is 1.68. The molecule has 0 saturated heterocycles. The first-order valence-electron chi connectivity index (χ1n) is 5.48. The highest BCUT2D eigenvalue weighted by Gasteiger charge is 2.15. The van der Waals surface area contributed by atoms with E-state index in [0.29, 0.717) is 0 Å². The molecule has 90 valence electrons. The first-order valence-corrected chi connectivity index (χ1v) is 6.36. The lowest BCUT2D eigenvalue weighted by Crippen LogP contribution is -2.17. The Bertz CT molecular complexity index is 496. The predicted octanol–water partition coefficient (Wildman–Crippen LogP) is 2.77. The van der Waals surface area contributed by atoms with E-state index in [0.717, 1.165) is 16.5 Å². The van der Waals surface area contributed by atoms with Crippen LogP contribution in [0, 0.1) is 6.92 Å². The molecule has 0 radical (unpaired) electrons. The first kappa shape index (κ1) is 12.1. The lowest BCUT2D eigenvalue weighted by Gasteiger charge is -2.14. The van der Waals surface area contributed by atoms with Crippen molar-refractivity contribution in [3.05, 3.63) is 45.9 Å². The molecule has 1 atom stereocenters. The van der Waals surface area contributed by atoms with Gasteiger partial charge in [0.2, 0.25) is 0 Å². The Morgan fingerprint density at radius 2 is 2.24 bits per heavy atom. The molecular formula is C13H16N2OS. The van der Waals surface area contributed by atoms with Gasteiger partial charge in [0.25, 0.3) is 0 Å². The Kier molecular flexibility index (Phi) is 3.76. The van der Waals surface area contributed by atoms with Crippen molar-refractivity contribution in [2.75, 3.05) is 14.2 Å². The van der Waals surface area contributed by atoms with Gasteiger partial charge in [0.05, 0.1) is 13.2 Å². The summed E-state index contributed by atoms with van der Waals surface area (Å²) in [5, 5.41) is 6.44. The summed E-state index contributed by atoms with van der Waals surface area (Å²) in [6.45, 7) is 2.01. The van der Waals surface area contributed by atoms with Crippen molar-refractivity contribution in [2.45, 2.75) is 13.0 Å². The molecule has 0 aliphatic rings. The zero-order valence-corrected chi connectivity index (χ0v) is 11.0. The molecule has 0 bridgehead atoms. The third kappa shape index (κ3) is 2.65. The predicted molar refractivity (Wildman–Crippen MR) is 70.7 cm³/mol. The van der Waals surface area contributed by atoms with Crippen LogP contribution in [0.2, 0.25) is 0 Å². The minimum Gasteiger partial charge on any atom is -0.497 e. The normalized spacial score (nSPS) is 12.4. The van der Waals surface area contributed by atoms with Gasteiger partial charge < -0.3 is 10.1 Å². The van der Waals surface area contributed by atoms with Gasteiger partial charge >= 0.3 is 0 Å². The van der Waals surface area contributed by atoms with E-state index in [-0.39, 0.29) is 6.04 Å². The number of hydrogen-bond donors (Lipinski definition) is 1. The minimum atomic E-state index is 0.129. The number of hydrogen-bond acceptors (Lipinski definition) is 4. The number of thiazole rings is 1. The molecule has 3 nitrogen and oxygen atoms in total. The van der Waals surface area contributed by atoms with Crippen LogP contribution < -0.4 is 10.1 Å². The highest BCUT2D eigenvalue weighted by Crippen LogP contribution is 2.26. The average Bonchev–Trinajstić information content (AvgIpc) is 2.77. The maximum absolute atomic E-state index is 5.25. The van der Waals surface area contributed by atoms with Gasteiger partial charge in [0, 0.05) is 11.1 Å². The molecule has 0 fully saturated rings. The highest BCUT2D eigenvalue weighted by molar-refractivity contribution is 7.09. The lowest BCUT2D eigenvalue weighted by molar-refractivity contribution is 0.414. The van der Waals surface area contributed by atoms with Crippen molar-refractivity contribution in [3.63, 3.8) is 0 Å². The number of ether oxygens (including phenoxy) is 1. The quantitative estimate of drug-likeness (QED) is 0.903. The van der Waals surface area contributed by atoms with Crippen LogP contribution in [-0.4, -0.2) is 19.1 Å². The molecule has 0 amide bonds. The second-order valence-corrected chi connectivity index (χ2v) is 4.72. The number of nitrogens with zero attached hydrogens (tertiary/aromatic N) is 1. The second kappa shape index (κ2) is 5.29. The van der Waals surface area contributed by atoms with Gasteiger partial charge in [0.1, 0.15) is 10.8 Å². The van der Waals surface area contributed by atoms with E-state index >= 15 is 0 Å². The number of methoxy groups -OCH3 is 1. The standard InChI is InChI=1S/C13H16N2OS/c1-9-8-17-13(15-9)12(14-2)10-5-4-6-11(7-10)16-3/h4-8,12,14H,1-3H3. The van der Waals surface area contributed by atoms with Crippen molar-refractivity contribution in [1.29, 1.82) is 0 Å². The van der Waals surface area contributed by atoms with Crippen LogP contribution >= 0.6 is 11.3 Å². The van der Waals surface area contributed by atoms with Crippen LogP contribution in [0.1, 0.15) is 22.3 Å². The third-order valence-corrected chi connectivity index (χ3v) is 3.63. The van der Waals surface area contributed by atoms with Crippen LogP contribution in [0.5, 0.6) is 5.75 Å². The molecule has 0 aliphatic carbocycles. The number of rotatable bonds is 4. The monoisotopic (exact) mass is 248 g/mol. The van der Waals surface area contributed by atoms with Crippen molar-refractivity contribution < 1.29 is 4.74 Å². The average molecular weight is 248 g/mol. The largest absolute Gasteiger partial charge is 0.497 e. The van der Waals surface area contributed by atoms with Crippen LogP contribution in [-0.2, 0) is 0 Å². The molecule has 1 aromatic carbocycles. The van der Waals surface area contributed by atoms with Crippen molar-refractivity contribution in [1.82, 2.24) is 10.3 Å². The maximum Gasteiger partial charge on any atom is 0.119 e. The van der Waals surface area contributed by atoms with Gasteiger partial charge in [0.15, 0.2) is 0 Å². The molecule has 2 aromatic rings. The summed E-state index contributed by atoms with van der Waals surface area (Å²) in [7, 11) is 3.63. The molecule has 0 saturated carbocycles. The fourth-order valence-electron chi connectivity index (χ4n) is 1.76. The molecule has 2 rings (SSSR count). The summed E-state index contributed by atoms with van der Waals surface area (Å²) in [5.41, 5.74) is 2.23. The van der Waals surface area contributed by atoms with Gasteiger partial charge in [-0.05, 0) is 31.7 Å². The summed E-state index contributed by atoms with van der Waals surface area (Å²) in [5.74, 6) is 0.871.